The smallest absolute Gasteiger partial charge is 0.157 e. The van der Waals surface area contributed by atoms with Crippen molar-refractivity contribution in [1.29, 1.82) is 0 Å². The zero-order valence-corrected chi connectivity index (χ0v) is 14.2. The number of nitrogens with one attached hydrogen (secondary N) is 1. The second-order valence-corrected chi connectivity index (χ2v) is 6.96. The third-order valence-electron chi connectivity index (χ3n) is 4.61. The van der Waals surface area contributed by atoms with Gasteiger partial charge >= 0.3 is 0 Å². The van der Waals surface area contributed by atoms with Gasteiger partial charge < -0.3 is 5.32 Å². The van der Waals surface area contributed by atoms with Gasteiger partial charge in [-0.05, 0) is 49.3 Å². The molecule has 2 rings (SSSR count). The highest BCUT2D eigenvalue weighted by Crippen LogP contribution is 2.35. The predicted molar refractivity (Wildman–Crippen MR) is 90.5 cm³/mol. The SMILES string of the molecule is CCC1(CC)CN=C(NC(C)c2ccc(C)c(F)c2)SC1. The molecule has 1 unspecified atom stereocenters. The number of nitrogens with zero attached hydrogens (tertiary/aromatic N) is 1. The minimum absolute atomic E-state index is 0.0714. The number of aryl methyl sites for hydroxylation is 1. The minimum atomic E-state index is -0.143. The summed E-state index contributed by atoms with van der Waals surface area (Å²) in [5.41, 5.74) is 2.00. The van der Waals surface area contributed by atoms with Gasteiger partial charge in [0, 0.05) is 12.3 Å². The molecule has 0 bridgehead atoms. The molecule has 0 saturated carbocycles. The number of hydrogen-bond acceptors (Lipinski definition) is 3. The van der Waals surface area contributed by atoms with E-state index in [1.165, 1.54) is 12.8 Å². The lowest BCUT2D eigenvalue weighted by molar-refractivity contribution is 0.318. The average Bonchev–Trinajstić information content (AvgIpc) is 2.51. The Balaban J connectivity index is 2.02. The van der Waals surface area contributed by atoms with Gasteiger partial charge in [-0.3, -0.25) is 4.99 Å². The van der Waals surface area contributed by atoms with E-state index in [1.807, 2.05) is 12.1 Å². The van der Waals surface area contributed by atoms with Gasteiger partial charge in [-0.25, -0.2) is 4.39 Å². The summed E-state index contributed by atoms with van der Waals surface area (Å²) in [7, 11) is 0. The number of hydrogen-bond donors (Lipinski definition) is 1. The van der Waals surface area contributed by atoms with Gasteiger partial charge in [0.1, 0.15) is 5.82 Å². The molecule has 1 aromatic carbocycles. The molecule has 1 atom stereocenters. The second-order valence-electron chi connectivity index (χ2n) is 5.99. The van der Waals surface area contributed by atoms with E-state index in [0.29, 0.717) is 11.0 Å². The van der Waals surface area contributed by atoms with Crippen LogP contribution in [0.3, 0.4) is 0 Å². The molecule has 0 saturated heterocycles. The first-order valence-corrected chi connectivity index (χ1v) is 8.68. The van der Waals surface area contributed by atoms with Crippen LogP contribution in [0.15, 0.2) is 23.2 Å². The molecule has 0 radical (unpaired) electrons. The van der Waals surface area contributed by atoms with Crippen molar-refractivity contribution in [2.45, 2.75) is 46.6 Å². The molecule has 1 aliphatic heterocycles. The fraction of sp³-hybridized carbons (Fsp3) is 0.588. The Morgan fingerprint density at radius 3 is 2.62 bits per heavy atom. The number of amidine groups is 1. The molecule has 116 valence electrons. The van der Waals surface area contributed by atoms with Gasteiger partial charge in [0.2, 0.25) is 0 Å². The molecule has 1 aromatic rings. The van der Waals surface area contributed by atoms with E-state index < -0.39 is 0 Å². The van der Waals surface area contributed by atoms with Gasteiger partial charge in [0.15, 0.2) is 5.17 Å². The topological polar surface area (TPSA) is 24.4 Å². The van der Waals surface area contributed by atoms with E-state index >= 15 is 0 Å². The standard InChI is InChI=1S/C17H25FN2S/c1-5-17(6-2)10-19-16(21-11-17)20-13(4)14-8-7-12(3)15(18)9-14/h7-9,13H,5-6,10-11H2,1-4H3,(H,19,20). The van der Waals surface area contributed by atoms with Crippen molar-refractivity contribution >= 4 is 16.9 Å². The summed E-state index contributed by atoms with van der Waals surface area (Å²) in [6, 6.07) is 5.50. The maximum absolute atomic E-state index is 13.6. The van der Waals surface area contributed by atoms with E-state index in [0.717, 1.165) is 23.0 Å². The lowest BCUT2D eigenvalue weighted by Gasteiger charge is -2.34. The summed E-state index contributed by atoms with van der Waals surface area (Å²) in [4.78, 5) is 4.70. The molecule has 0 spiro atoms. The van der Waals surface area contributed by atoms with Gasteiger partial charge in [0.25, 0.3) is 0 Å². The van der Waals surface area contributed by atoms with Gasteiger partial charge in [-0.1, -0.05) is 37.7 Å². The summed E-state index contributed by atoms with van der Waals surface area (Å²) in [5, 5.41) is 4.40. The Morgan fingerprint density at radius 2 is 2.10 bits per heavy atom. The van der Waals surface area contributed by atoms with Gasteiger partial charge in [0.05, 0.1) is 6.04 Å². The Morgan fingerprint density at radius 1 is 1.38 bits per heavy atom. The Hall–Kier alpha value is -1.03. The van der Waals surface area contributed by atoms with Crippen LogP contribution >= 0.6 is 11.8 Å². The first-order valence-electron chi connectivity index (χ1n) is 7.69. The molecule has 2 nitrogen and oxygen atoms in total. The second kappa shape index (κ2) is 6.82. The van der Waals surface area contributed by atoms with Crippen LogP contribution in [-0.2, 0) is 0 Å². The fourth-order valence-corrected chi connectivity index (χ4v) is 3.82. The van der Waals surface area contributed by atoms with Crippen LogP contribution in [0, 0.1) is 18.2 Å². The first-order chi connectivity index (χ1) is 9.99. The molecule has 0 aliphatic carbocycles. The summed E-state index contributed by atoms with van der Waals surface area (Å²) < 4.78 is 13.6. The van der Waals surface area contributed by atoms with Crippen LogP contribution in [-0.4, -0.2) is 17.5 Å². The van der Waals surface area contributed by atoms with Crippen molar-refractivity contribution in [3.8, 4) is 0 Å². The zero-order chi connectivity index (χ0) is 15.5. The highest BCUT2D eigenvalue weighted by molar-refractivity contribution is 8.13. The van der Waals surface area contributed by atoms with Crippen molar-refractivity contribution in [3.05, 3.63) is 35.1 Å². The lowest BCUT2D eigenvalue weighted by atomic mass is 9.84. The number of rotatable bonds is 4. The average molecular weight is 308 g/mol. The van der Waals surface area contributed by atoms with Crippen LogP contribution < -0.4 is 5.32 Å². The third-order valence-corrected chi connectivity index (χ3v) is 5.89. The maximum Gasteiger partial charge on any atom is 0.157 e. The maximum atomic E-state index is 13.6. The van der Waals surface area contributed by atoms with Crippen LogP contribution in [0.1, 0.15) is 50.8 Å². The van der Waals surface area contributed by atoms with Gasteiger partial charge in [-0.15, -0.1) is 0 Å². The van der Waals surface area contributed by atoms with Crippen LogP contribution in [0.2, 0.25) is 0 Å². The van der Waals surface area contributed by atoms with Crippen molar-refractivity contribution in [3.63, 3.8) is 0 Å². The number of halogens is 1. The van der Waals surface area contributed by atoms with Gasteiger partial charge in [-0.2, -0.15) is 0 Å². The number of benzene rings is 1. The number of thioether (sulfide) groups is 1. The van der Waals surface area contributed by atoms with Crippen LogP contribution in [0.25, 0.3) is 0 Å². The molecule has 1 N–H and O–H groups in total. The highest BCUT2D eigenvalue weighted by atomic mass is 32.2. The molecular formula is C17H25FN2S. The first kappa shape index (κ1) is 16.3. The molecule has 0 amide bonds. The highest BCUT2D eigenvalue weighted by Gasteiger charge is 2.30. The normalized spacial score (nSPS) is 19.0. The molecular weight excluding hydrogens is 283 g/mol. The van der Waals surface area contributed by atoms with Crippen molar-refractivity contribution < 1.29 is 4.39 Å². The van der Waals surface area contributed by atoms with Crippen LogP contribution in [0.4, 0.5) is 4.39 Å². The Kier molecular flexibility index (Phi) is 5.31. The lowest BCUT2D eigenvalue weighted by Crippen LogP contribution is -2.35. The fourth-order valence-electron chi connectivity index (χ4n) is 2.46. The largest absolute Gasteiger partial charge is 0.358 e. The number of aliphatic imine (C=N–C) groups is 1. The van der Waals surface area contributed by atoms with E-state index in [4.69, 9.17) is 4.99 Å². The third kappa shape index (κ3) is 3.79. The molecule has 0 fully saturated rings. The molecule has 0 aromatic heterocycles. The van der Waals surface area contributed by atoms with Crippen LogP contribution in [0.5, 0.6) is 0 Å². The summed E-state index contributed by atoms with van der Waals surface area (Å²) in [5.74, 6) is 0.969. The van der Waals surface area contributed by atoms with E-state index in [9.17, 15) is 4.39 Å². The minimum Gasteiger partial charge on any atom is -0.358 e. The summed E-state index contributed by atoms with van der Waals surface area (Å²) >= 11 is 1.79. The van der Waals surface area contributed by atoms with E-state index in [1.54, 1.807) is 24.8 Å². The molecule has 1 aliphatic rings. The quantitative estimate of drug-likeness (QED) is 0.872. The van der Waals surface area contributed by atoms with E-state index in [2.05, 4.69) is 26.1 Å². The summed E-state index contributed by atoms with van der Waals surface area (Å²) in [6.07, 6.45) is 2.35. The zero-order valence-electron chi connectivity index (χ0n) is 13.4. The predicted octanol–water partition coefficient (Wildman–Crippen LogP) is 4.69. The summed E-state index contributed by atoms with van der Waals surface area (Å²) in [6.45, 7) is 9.22. The monoisotopic (exact) mass is 308 g/mol. The molecule has 4 heteroatoms. The van der Waals surface area contributed by atoms with E-state index in [-0.39, 0.29) is 11.9 Å². The van der Waals surface area contributed by atoms with Crippen molar-refractivity contribution in [2.75, 3.05) is 12.3 Å². The van der Waals surface area contributed by atoms with Crippen molar-refractivity contribution in [2.24, 2.45) is 10.4 Å². The Labute approximate surface area is 131 Å². The molecule has 21 heavy (non-hydrogen) atoms. The van der Waals surface area contributed by atoms with Crippen molar-refractivity contribution in [1.82, 2.24) is 5.32 Å². The molecule has 1 heterocycles. The Bertz CT molecular complexity index is 524.